The minimum atomic E-state index is -0.234. The highest BCUT2D eigenvalue weighted by molar-refractivity contribution is 5.76. The van der Waals surface area contributed by atoms with E-state index in [0.29, 0.717) is 18.8 Å². The Labute approximate surface area is 126 Å². The molecule has 0 radical (unpaired) electrons. The van der Waals surface area contributed by atoms with Crippen LogP contribution in [-0.4, -0.2) is 29.8 Å². The molecule has 1 saturated heterocycles. The van der Waals surface area contributed by atoms with Gasteiger partial charge in [0.15, 0.2) is 0 Å². The summed E-state index contributed by atoms with van der Waals surface area (Å²) >= 11 is 0. The largest absolute Gasteiger partial charge is 0.370 e. The Kier molecular flexibility index (Phi) is 5.78. The average Bonchev–Trinajstić information content (AvgIpc) is 2.48. The molecular weight excluding hydrogens is 264 g/mol. The molecule has 2 amide bonds. The highest BCUT2D eigenvalue weighted by atomic mass is 16.2. The Morgan fingerprint density at radius 2 is 1.81 bits per heavy atom. The third-order valence-corrected chi connectivity index (χ3v) is 4.16. The molecule has 1 aromatic rings. The fourth-order valence-corrected chi connectivity index (χ4v) is 2.92. The van der Waals surface area contributed by atoms with E-state index in [1.165, 1.54) is 5.56 Å². The number of likely N-dealkylation sites (tertiary alicyclic amines) is 1. The van der Waals surface area contributed by atoms with Crippen molar-refractivity contribution in [3.8, 4) is 0 Å². The van der Waals surface area contributed by atoms with E-state index < -0.39 is 0 Å². The van der Waals surface area contributed by atoms with Gasteiger partial charge in [0, 0.05) is 25.9 Å². The van der Waals surface area contributed by atoms with Gasteiger partial charge >= 0.3 is 0 Å². The van der Waals surface area contributed by atoms with Crippen LogP contribution in [0, 0.1) is 5.92 Å². The summed E-state index contributed by atoms with van der Waals surface area (Å²) in [4.78, 5) is 25.0. The summed E-state index contributed by atoms with van der Waals surface area (Å²) in [6.07, 6.45) is 4.70. The van der Waals surface area contributed by atoms with Crippen molar-refractivity contribution in [3.63, 3.8) is 0 Å². The van der Waals surface area contributed by atoms with Gasteiger partial charge in [0.05, 0.1) is 0 Å². The highest BCUT2D eigenvalue weighted by Crippen LogP contribution is 2.21. The fourth-order valence-electron chi connectivity index (χ4n) is 2.92. The Morgan fingerprint density at radius 3 is 2.43 bits per heavy atom. The maximum Gasteiger partial charge on any atom is 0.222 e. The van der Waals surface area contributed by atoms with Gasteiger partial charge in [0.25, 0.3) is 0 Å². The van der Waals surface area contributed by atoms with Crippen molar-refractivity contribution < 1.29 is 9.59 Å². The van der Waals surface area contributed by atoms with Crippen molar-refractivity contribution in [3.05, 3.63) is 35.9 Å². The molecule has 114 valence electrons. The van der Waals surface area contributed by atoms with Crippen LogP contribution in [0.1, 0.15) is 37.7 Å². The van der Waals surface area contributed by atoms with E-state index in [9.17, 15) is 9.59 Å². The number of hydrogen-bond donors (Lipinski definition) is 1. The van der Waals surface area contributed by atoms with Crippen LogP contribution < -0.4 is 5.73 Å². The number of hydrogen-bond acceptors (Lipinski definition) is 2. The lowest BCUT2D eigenvalue weighted by Crippen LogP contribution is -2.39. The highest BCUT2D eigenvalue weighted by Gasteiger charge is 2.23. The van der Waals surface area contributed by atoms with Crippen molar-refractivity contribution in [2.45, 2.75) is 38.5 Å². The number of carbonyl (C=O) groups excluding carboxylic acids is 2. The Hall–Kier alpha value is -1.84. The molecular formula is C17H24N2O2. The standard InChI is InChI=1S/C17H24N2O2/c18-16(20)13-15-9-11-19(12-10-15)17(21)8-4-7-14-5-2-1-3-6-14/h1-3,5-6,15H,4,7-13H2,(H2,18,20). The van der Waals surface area contributed by atoms with Crippen molar-refractivity contribution in [1.29, 1.82) is 0 Å². The number of aryl methyl sites for hydroxylation is 1. The van der Waals surface area contributed by atoms with Gasteiger partial charge in [-0.1, -0.05) is 30.3 Å². The monoisotopic (exact) mass is 288 g/mol. The molecule has 0 saturated carbocycles. The van der Waals surface area contributed by atoms with Crippen LogP contribution in [-0.2, 0) is 16.0 Å². The van der Waals surface area contributed by atoms with Crippen molar-refractivity contribution in [1.82, 2.24) is 4.90 Å². The molecule has 1 fully saturated rings. The maximum atomic E-state index is 12.2. The SMILES string of the molecule is NC(=O)CC1CCN(C(=O)CCCc2ccccc2)CC1. The topological polar surface area (TPSA) is 63.4 Å². The number of rotatable bonds is 6. The molecule has 1 heterocycles. The molecule has 21 heavy (non-hydrogen) atoms. The lowest BCUT2D eigenvalue weighted by molar-refractivity contribution is -0.132. The third kappa shape index (κ3) is 5.21. The summed E-state index contributed by atoms with van der Waals surface area (Å²) in [5.74, 6) is 0.363. The summed E-state index contributed by atoms with van der Waals surface area (Å²) < 4.78 is 0. The quantitative estimate of drug-likeness (QED) is 0.871. The molecule has 0 spiro atoms. The van der Waals surface area contributed by atoms with Gasteiger partial charge in [0.1, 0.15) is 0 Å². The molecule has 2 N–H and O–H groups in total. The normalized spacial score (nSPS) is 15.9. The molecule has 1 aromatic carbocycles. The van der Waals surface area contributed by atoms with Gasteiger partial charge in [-0.25, -0.2) is 0 Å². The predicted octanol–water partition coefficient (Wildman–Crippen LogP) is 2.12. The van der Waals surface area contributed by atoms with Crippen LogP contribution >= 0.6 is 0 Å². The Morgan fingerprint density at radius 1 is 1.14 bits per heavy atom. The Balaban J connectivity index is 1.67. The lowest BCUT2D eigenvalue weighted by Gasteiger charge is -2.31. The number of piperidine rings is 1. The van der Waals surface area contributed by atoms with Crippen LogP contribution in [0.5, 0.6) is 0 Å². The molecule has 0 aromatic heterocycles. The number of carbonyl (C=O) groups is 2. The predicted molar refractivity (Wildman–Crippen MR) is 82.5 cm³/mol. The van der Waals surface area contributed by atoms with Crippen LogP contribution in [0.25, 0.3) is 0 Å². The van der Waals surface area contributed by atoms with E-state index in [2.05, 4.69) is 12.1 Å². The van der Waals surface area contributed by atoms with E-state index in [4.69, 9.17) is 5.73 Å². The molecule has 4 heteroatoms. The fraction of sp³-hybridized carbons (Fsp3) is 0.529. The molecule has 0 atom stereocenters. The summed E-state index contributed by atoms with van der Waals surface area (Å²) in [6.45, 7) is 1.53. The van der Waals surface area contributed by atoms with Crippen molar-refractivity contribution >= 4 is 11.8 Å². The zero-order valence-electron chi connectivity index (χ0n) is 12.5. The van der Waals surface area contributed by atoms with Crippen molar-refractivity contribution in [2.75, 3.05) is 13.1 Å². The van der Waals surface area contributed by atoms with Crippen LogP contribution in [0.3, 0.4) is 0 Å². The average molecular weight is 288 g/mol. The smallest absolute Gasteiger partial charge is 0.222 e. The molecule has 0 bridgehead atoms. The summed E-state index contributed by atoms with van der Waals surface area (Å²) in [5.41, 5.74) is 6.50. The zero-order valence-corrected chi connectivity index (χ0v) is 12.5. The van der Waals surface area contributed by atoms with Gasteiger partial charge in [-0.3, -0.25) is 9.59 Å². The maximum absolute atomic E-state index is 12.2. The number of amides is 2. The number of primary amides is 1. The van der Waals surface area contributed by atoms with Crippen molar-refractivity contribution in [2.24, 2.45) is 11.7 Å². The second kappa shape index (κ2) is 7.81. The van der Waals surface area contributed by atoms with E-state index in [0.717, 1.165) is 38.8 Å². The van der Waals surface area contributed by atoms with Crippen LogP contribution in [0.15, 0.2) is 30.3 Å². The van der Waals surface area contributed by atoms with Gasteiger partial charge in [-0.2, -0.15) is 0 Å². The zero-order chi connectivity index (χ0) is 15.1. The molecule has 1 aliphatic heterocycles. The van der Waals surface area contributed by atoms with Gasteiger partial charge in [-0.15, -0.1) is 0 Å². The first-order chi connectivity index (χ1) is 10.1. The number of nitrogens with zero attached hydrogens (tertiary/aromatic N) is 1. The van der Waals surface area contributed by atoms with Gasteiger partial charge in [0.2, 0.25) is 11.8 Å². The van der Waals surface area contributed by atoms with Crippen LogP contribution in [0.2, 0.25) is 0 Å². The lowest BCUT2D eigenvalue weighted by atomic mass is 9.93. The number of nitrogens with two attached hydrogens (primary N) is 1. The third-order valence-electron chi connectivity index (χ3n) is 4.16. The first-order valence-corrected chi connectivity index (χ1v) is 7.75. The van der Waals surface area contributed by atoms with E-state index >= 15 is 0 Å². The molecule has 4 nitrogen and oxygen atoms in total. The molecule has 2 rings (SSSR count). The summed E-state index contributed by atoms with van der Waals surface area (Å²) in [5, 5.41) is 0. The Bertz CT molecular complexity index is 465. The first-order valence-electron chi connectivity index (χ1n) is 7.75. The van der Waals surface area contributed by atoms with E-state index in [1.54, 1.807) is 0 Å². The van der Waals surface area contributed by atoms with Gasteiger partial charge < -0.3 is 10.6 Å². The summed E-state index contributed by atoms with van der Waals surface area (Å²) in [6, 6.07) is 10.3. The second-order valence-corrected chi connectivity index (χ2v) is 5.83. The van der Waals surface area contributed by atoms with Gasteiger partial charge in [-0.05, 0) is 37.2 Å². The first kappa shape index (κ1) is 15.5. The van der Waals surface area contributed by atoms with E-state index in [1.807, 2.05) is 23.1 Å². The number of benzene rings is 1. The minimum absolute atomic E-state index is 0.234. The van der Waals surface area contributed by atoms with E-state index in [-0.39, 0.29) is 11.8 Å². The summed E-state index contributed by atoms with van der Waals surface area (Å²) in [7, 11) is 0. The molecule has 0 unspecified atom stereocenters. The van der Waals surface area contributed by atoms with Crippen LogP contribution in [0.4, 0.5) is 0 Å². The minimum Gasteiger partial charge on any atom is -0.370 e. The molecule has 0 aliphatic carbocycles. The second-order valence-electron chi connectivity index (χ2n) is 5.83. The molecule has 1 aliphatic rings.